The summed E-state index contributed by atoms with van der Waals surface area (Å²) in [6.45, 7) is -0.162. The van der Waals surface area contributed by atoms with E-state index in [1.165, 1.54) is 6.07 Å². The van der Waals surface area contributed by atoms with Crippen LogP contribution in [0.1, 0.15) is 10.4 Å². The van der Waals surface area contributed by atoms with Crippen molar-refractivity contribution in [1.82, 2.24) is 4.98 Å². The van der Waals surface area contributed by atoms with Crippen molar-refractivity contribution in [3.8, 4) is 5.75 Å². The van der Waals surface area contributed by atoms with Crippen LogP contribution < -0.4 is 15.8 Å². The topological polar surface area (TPSA) is 94.3 Å². The molecular weight excluding hydrogens is 258 g/mol. The minimum atomic E-state index is -0.545. The van der Waals surface area contributed by atoms with Gasteiger partial charge in [-0.3, -0.25) is 14.6 Å². The van der Waals surface area contributed by atoms with Gasteiger partial charge >= 0.3 is 0 Å². The molecule has 0 aliphatic rings. The normalized spacial score (nSPS) is 9.80. The lowest BCUT2D eigenvalue weighted by molar-refractivity contribution is -0.118. The van der Waals surface area contributed by atoms with Crippen LogP contribution in [0.2, 0.25) is 0 Å². The number of hydrogen-bond donors (Lipinski definition) is 2. The van der Waals surface area contributed by atoms with E-state index in [1.54, 1.807) is 42.7 Å². The Morgan fingerprint density at radius 3 is 2.65 bits per heavy atom. The predicted octanol–water partition coefficient (Wildman–Crippen LogP) is 1.20. The van der Waals surface area contributed by atoms with Crippen LogP contribution in [0.15, 0.2) is 48.8 Å². The smallest absolute Gasteiger partial charge is 0.262 e. The lowest BCUT2D eigenvalue weighted by Gasteiger charge is -2.07. The fourth-order valence-corrected chi connectivity index (χ4v) is 1.52. The summed E-state index contributed by atoms with van der Waals surface area (Å²) in [5, 5.41) is 2.65. The molecule has 0 aliphatic carbocycles. The van der Waals surface area contributed by atoms with E-state index in [-0.39, 0.29) is 12.5 Å². The molecule has 3 N–H and O–H groups in total. The lowest BCUT2D eigenvalue weighted by atomic mass is 10.2. The summed E-state index contributed by atoms with van der Waals surface area (Å²) in [5.41, 5.74) is 6.13. The zero-order valence-corrected chi connectivity index (χ0v) is 10.6. The van der Waals surface area contributed by atoms with Crippen molar-refractivity contribution in [2.45, 2.75) is 0 Å². The van der Waals surface area contributed by atoms with Gasteiger partial charge in [-0.1, -0.05) is 6.07 Å². The molecule has 102 valence electrons. The number of carbonyl (C=O) groups is 2. The number of primary amides is 1. The van der Waals surface area contributed by atoms with Gasteiger partial charge < -0.3 is 15.8 Å². The van der Waals surface area contributed by atoms with E-state index in [0.29, 0.717) is 17.0 Å². The van der Waals surface area contributed by atoms with E-state index >= 15 is 0 Å². The van der Waals surface area contributed by atoms with Gasteiger partial charge in [0.05, 0.1) is 0 Å². The number of ether oxygens (including phenoxy) is 1. The van der Waals surface area contributed by atoms with Gasteiger partial charge in [0, 0.05) is 23.6 Å². The molecule has 0 atom stereocenters. The van der Waals surface area contributed by atoms with E-state index in [4.69, 9.17) is 10.5 Å². The van der Waals surface area contributed by atoms with Crippen molar-refractivity contribution in [3.05, 3.63) is 54.4 Å². The highest BCUT2D eigenvalue weighted by atomic mass is 16.5. The van der Waals surface area contributed by atoms with Crippen LogP contribution in [0, 0.1) is 0 Å². The number of amides is 2. The maximum atomic E-state index is 11.7. The quantitative estimate of drug-likeness (QED) is 0.854. The van der Waals surface area contributed by atoms with Crippen molar-refractivity contribution >= 4 is 17.5 Å². The van der Waals surface area contributed by atoms with Crippen LogP contribution in [0.5, 0.6) is 5.75 Å². The first-order valence-electron chi connectivity index (χ1n) is 5.88. The Balaban J connectivity index is 1.90. The van der Waals surface area contributed by atoms with E-state index in [0.717, 1.165) is 0 Å². The van der Waals surface area contributed by atoms with Crippen molar-refractivity contribution in [1.29, 1.82) is 0 Å². The van der Waals surface area contributed by atoms with Gasteiger partial charge in [-0.05, 0) is 30.3 Å². The van der Waals surface area contributed by atoms with E-state index < -0.39 is 5.91 Å². The van der Waals surface area contributed by atoms with Crippen molar-refractivity contribution in [2.75, 3.05) is 11.9 Å². The first kappa shape index (κ1) is 13.5. The summed E-state index contributed by atoms with van der Waals surface area (Å²) in [6.07, 6.45) is 3.15. The Hall–Kier alpha value is -2.89. The molecule has 6 heteroatoms. The minimum Gasteiger partial charge on any atom is -0.484 e. The number of anilines is 1. The van der Waals surface area contributed by atoms with Crippen LogP contribution in [0.3, 0.4) is 0 Å². The fraction of sp³-hybridized carbons (Fsp3) is 0.0714. The van der Waals surface area contributed by atoms with Gasteiger partial charge in [-0.25, -0.2) is 0 Å². The lowest BCUT2D eigenvalue weighted by Crippen LogP contribution is -2.20. The Kier molecular flexibility index (Phi) is 4.28. The Labute approximate surface area is 115 Å². The van der Waals surface area contributed by atoms with E-state index in [2.05, 4.69) is 10.3 Å². The van der Waals surface area contributed by atoms with Crippen molar-refractivity contribution in [3.63, 3.8) is 0 Å². The van der Waals surface area contributed by atoms with Gasteiger partial charge in [0.1, 0.15) is 5.75 Å². The molecule has 0 radical (unpaired) electrons. The Bertz CT molecular complexity index is 614. The van der Waals surface area contributed by atoms with Gasteiger partial charge in [0.15, 0.2) is 6.61 Å². The second kappa shape index (κ2) is 6.33. The molecule has 0 spiro atoms. The number of hydrogen-bond acceptors (Lipinski definition) is 4. The first-order chi connectivity index (χ1) is 9.65. The average Bonchev–Trinajstić information content (AvgIpc) is 2.46. The highest BCUT2D eigenvalue weighted by Gasteiger charge is 2.05. The van der Waals surface area contributed by atoms with Crippen LogP contribution in [0.25, 0.3) is 0 Å². The molecule has 0 aliphatic heterocycles. The summed E-state index contributed by atoms with van der Waals surface area (Å²) in [7, 11) is 0. The number of pyridine rings is 1. The summed E-state index contributed by atoms with van der Waals surface area (Å²) >= 11 is 0. The maximum Gasteiger partial charge on any atom is 0.262 e. The molecule has 0 unspecified atom stereocenters. The molecule has 0 fully saturated rings. The Morgan fingerprint density at radius 2 is 1.95 bits per heavy atom. The third-order valence-electron chi connectivity index (χ3n) is 2.45. The van der Waals surface area contributed by atoms with E-state index in [9.17, 15) is 9.59 Å². The summed E-state index contributed by atoms with van der Waals surface area (Å²) in [6, 6.07) is 9.69. The van der Waals surface area contributed by atoms with Gasteiger partial charge in [0.25, 0.3) is 5.91 Å². The fourth-order valence-electron chi connectivity index (χ4n) is 1.52. The molecule has 0 bridgehead atoms. The highest BCUT2D eigenvalue weighted by Crippen LogP contribution is 2.13. The molecule has 1 aromatic heterocycles. The number of rotatable bonds is 5. The Morgan fingerprint density at radius 1 is 1.20 bits per heavy atom. The summed E-state index contributed by atoms with van der Waals surface area (Å²) in [5.74, 6) is -0.441. The zero-order valence-electron chi connectivity index (χ0n) is 10.6. The third kappa shape index (κ3) is 3.81. The molecule has 20 heavy (non-hydrogen) atoms. The number of carbonyl (C=O) groups excluding carboxylic acids is 2. The SMILES string of the molecule is NC(=O)c1cccc(OCC(=O)Nc2ccncc2)c1. The van der Waals surface area contributed by atoms with Crippen LogP contribution in [0.4, 0.5) is 5.69 Å². The molecule has 2 aromatic rings. The molecule has 1 aromatic carbocycles. The summed E-state index contributed by atoms with van der Waals surface area (Å²) < 4.78 is 5.30. The van der Waals surface area contributed by atoms with Crippen LogP contribution in [-0.4, -0.2) is 23.4 Å². The first-order valence-corrected chi connectivity index (χ1v) is 5.88. The average molecular weight is 271 g/mol. The second-order valence-corrected chi connectivity index (χ2v) is 3.96. The molecule has 1 heterocycles. The molecule has 0 saturated carbocycles. The minimum absolute atomic E-state index is 0.162. The van der Waals surface area contributed by atoms with Crippen LogP contribution in [-0.2, 0) is 4.79 Å². The van der Waals surface area contributed by atoms with Gasteiger partial charge in [-0.15, -0.1) is 0 Å². The number of benzene rings is 1. The van der Waals surface area contributed by atoms with Gasteiger partial charge in [0.2, 0.25) is 5.91 Å². The van der Waals surface area contributed by atoms with Crippen LogP contribution >= 0.6 is 0 Å². The summed E-state index contributed by atoms with van der Waals surface area (Å²) in [4.78, 5) is 26.5. The van der Waals surface area contributed by atoms with Gasteiger partial charge in [-0.2, -0.15) is 0 Å². The van der Waals surface area contributed by atoms with Crippen molar-refractivity contribution < 1.29 is 14.3 Å². The molecule has 0 saturated heterocycles. The van der Waals surface area contributed by atoms with E-state index in [1.807, 2.05) is 0 Å². The molecular formula is C14H13N3O3. The second-order valence-electron chi connectivity index (χ2n) is 3.96. The molecule has 2 amide bonds. The van der Waals surface area contributed by atoms with Crippen molar-refractivity contribution in [2.24, 2.45) is 5.73 Å². The zero-order chi connectivity index (χ0) is 14.4. The number of nitrogens with zero attached hydrogens (tertiary/aromatic N) is 1. The monoisotopic (exact) mass is 271 g/mol. The number of nitrogens with one attached hydrogen (secondary N) is 1. The standard InChI is InChI=1S/C14H13N3O3/c15-14(19)10-2-1-3-12(8-10)20-9-13(18)17-11-4-6-16-7-5-11/h1-8H,9H2,(H2,15,19)(H,16,17,18). The maximum absolute atomic E-state index is 11.7. The molecule has 6 nitrogen and oxygen atoms in total. The number of aromatic nitrogens is 1. The highest BCUT2D eigenvalue weighted by molar-refractivity contribution is 5.93. The predicted molar refractivity (Wildman–Crippen MR) is 73.3 cm³/mol. The number of nitrogens with two attached hydrogens (primary N) is 1. The molecule has 2 rings (SSSR count). The third-order valence-corrected chi connectivity index (χ3v) is 2.45. The largest absolute Gasteiger partial charge is 0.484 e.